The van der Waals surface area contributed by atoms with Gasteiger partial charge in [0.15, 0.2) is 0 Å². The van der Waals surface area contributed by atoms with Gasteiger partial charge in [0.2, 0.25) is 0 Å². The van der Waals surface area contributed by atoms with Crippen molar-refractivity contribution < 1.29 is 0 Å². The van der Waals surface area contributed by atoms with Gasteiger partial charge in [-0.2, -0.15) is 0 Å². The van der Waals surface area contributed by atoms with E-state index in [9.17, 15) is 0 Å². The summed E-state index contributed by atoms with van der Waals surface area (Å²) in [6.45, 7) is 4.55. The Morgan fingerprint density at radius 1 is 1.22 bits per heavy atom. The van der Waals surface area contributed by atoms with Gasteiger partial charge in [-0.25, -0.2) is 0 Å². The van der Waals surface area contributed by atoms with E-state index in [1.807, 2.05) is 0 Å². The van der Waals surface area contributed by atoms with Crippen molar-refractivity contribution in [3.05, 3.63) is 28.2 Å². The molecule has 1 aliphatic rings. The van der Waals surface area contributed by atoms with Gasteiger partial charge in [0, 0.05) is 16.2 Å². The smallest absolute Gasteiger partial charge is 0.0375 e. The Bertz CT molecular complexity index is 389. The summed E-state index contributed by atoms with van der Waals surface area (Å²) in [7, 11) is 0. The van der Waals surface area contributed by atoms with Gasteiger partial charge in [-0.3, -0.25) is 0 Å². The molecule has 0 aliphatic heterocycles. The van der Waals surface area contributed by atoms with Crippen LogP contribution in [0.25, 0.3) is 0 Å². The van der Waals surface area contributed by atoms with Crippen LogP contribution in [0, 0.1) is 5.92 Å². The van der Waals surface area contributed by atoms with Crippen LogP contribution >= 0.6 is 15.9 Å². The Kier molecular flexibility index (Phi) is 5.11. The zero-order valence-electron chi connectivity index (χ0n) is 11.5. The molecule has 1 aliphatic carbocycles. The van der Waals surface area contributed by atoms with Crippen molar-refractivity contribution in [3.8, 4) is 0 Å². The molecule has 0 saturated heterocycles. The van der Waals surface area contributed by atoms with Crippen LogP contribution in [0.15, 0.2) is 22.7 Å². The first-order chi connectivity index (χ1) is 8.74. The molecule has 0 radical (unpaired) electrons. The summed E-state index contributed by atoms with van der Waals surface area (Å²) < 4.78 is 1.18. The predicted octanol–water partition coefficient (Wildman–Crippen LogP) is 5.39. The quantitative estimate of drug-likeness (QED) is 0.786. The first-order valence-electron chi connectivity index (χ1n) is 7.29. The van der Waals surface area contributed by atoms with Crippen LogP contribution in [0.4, 0.5) is 5.69 Å². The zero-order valence-corrected chi connectivity index (χ0v) is 13.1. The Morgan fingerprint density at radius 3 is 2.72 bits per heavy atom. The van der Waals surface area contributed by atoms with Crippen LogP contribution < -0.4 is 5.32 Å². The molecule has 2 heteroatoms. The third-order valence-electron chi connectivity index (χ3n) is 4.22. The Labute approximate surface area is 119 Å². The van der Waals surface area contributed by atoms with E-state index in [0.29, 0.717) is 6.04 Å². The molecule has 1 nitrogen and oxygen atoms in total. The molecule has 1 N–H and O–H groups in total. The SMILES string of the molecule is CCc1cc(Br)ccc1NC1CCCCC1CC. The van der Waals surface area contributed by atoms with Crippen molar-refractivity contribution in [2.45, 2.75) is 58.4 Å². The van der Waals surface area contributed by atoms with Gasteiger partial charge in [0.05, 0.1) is 0 Å². The molecule has 1 saturated carbocycles. The molecule has 1 fully saturated rings. The van der Waals surface area contributed by atoms with Crippen molar-refractivity contribution in [1.82, 2.24) is 0 Å². The molecule has 0 heterocycles. The minimum Gasteiger partial charge on any atom is -0.382 e. The average Bonchev–Trinajstić information content (AvgIpc) is 2.41. The van der Waals surface area contributed by atoms with Gasteiger partial charge >= 0.3 is 0 Å². The maximum absolute atomic E-state index is 3.81. The van der Waals surface area contributed by atoms with E-state index >= 15 is 0 Å². The topological polar surface area (TPSA) is 12.0 Å². The first-order valence-corrected chi connectivity index (χ1v) is 8.08. The summed E-state index contributed by atoms with van der Waals surface area (Å²) in [4.78, 5) is 0. The monoisotopic (exact) mass is 309 g/mol. The van der Waals surface area contributed by atoms with Gasteiger partial charge in [0.25, 0.3) is 0 Å². The number of halogens is 1. The fourth-order valence-corrected chi connectivity index (χ4v) is 3.49. The molecule has 0 amide bonds. The number of benzene rings is 1. The van der Waals surface area contributed by atoms with Gasteiger partial charge < -0.3 is 5.32 Å². The molecule has 2 atom stereocenters. The van der Waals surface area contributed by atoms with E-state index < -0.39 is 0 Å². The molecule has 2 rings (SSSR count). The fourth-order valence-electron chi connectivity index (χ4n) is 3.08. The highest BCUT2D eigenvalue weighted by Crippen LogP contribution is 2.31. The highest BCUT2D eigenvalue weighted by atomic mass is 79.9. The number of anilines is 1. The van der Waals surface area contributed by atoms with Gasteiger partial charge in [-0.1, -0.05) is 49.0 Å². The highest BCUT2D eigenvalue weighted by Gasteiger charge is 2.23. The Balaban J connectivity index is 2.12. The van der Waals surface area contributed by atoms with E-state index in [1.54, 1.807) is 0 Å². The second kappa shape index (κ2) is 6.60. The molecular formula is C16H24BrN. The van der Waals surface area contributed by atoms with Gasteiger partial charge in [-0.05, 0) is 48.9 Å². The largest absolute Gasteiger partial charge is 0.382 e. The van der Waals surface area contributed by atoms with Crippen LogP contribution in [0.2, 0.25) is 0 Å². The van der Waals surface area contributed by atoms with Crippen molar-refractivity contribution >= 4 is 21.6 Å². The maximum Gasteiger partial charge on any atom is 0.0375 e. The van der Waals surface area contributed by atoms with Gasteiger partial charge in [-0.15, -0.1) is 0 Å². The molecular weight excluding hydrogens is 286 g/mol. The van der Waals surface area contributed by atoms with E-state index in [2.05, 4.69) is 53.3 Å². The summed E-state index contributed by atoms with van der Waals surface area (Å²) >= 11 is 3.56. The second-order valence-corrected chi connectivity index (χ2v) is 6.27. The molecule has 0 spiro atoms. The molecule has 18 heavy (non-hydrogen) atoms. The molecule has 0 bridgehead atoms. The molecule has 0 aromatic heterocycles. The van der Waals surface area contributed by atoms with Crippen LogP contribution in [0.3, 0.4) is 0 Å². The van der Waals surface area contributed by atoms with Crippen molar-refractivity contribution in [1.29, 1.82) is 0 Å². The van der Waals surface area contributed by atoms with Crippen LogP contribution in [0.1, 0.15) is 51.5 Å². The Morgan fingerprint density at radius 2 is 2.00 bits per heavy atom. The summed E-state index contributed by atoms with van der Waals surface area (Å²) in [5.41, 5.74) is 2.76. The van der Waals surface area contributed by atoms with Crippen LogP contribution in [-0.2, 0) is 6.42 Å². The van der Waals surface area contributed by atoms with Crippen molar-refractivity contribution in [2.75, 3.05) is 5.32 Å². The summed E-state index contributed by atoms with van der Waals surface area (Å²) in [6.07, 6.45) is 7.91. The number of aryl methyl sites for hydroxylation is 1. The molecule has 100 valence electrons. The summed E-state index contributed by atoms with van der Waals surface area (Å²) in [6, 6.07) is 7.29. The van der Waals surface area contributed by atoms with Gasteiger partial charge in [0.1, 0.15) is 0 Å². The Hall–Kier alpha value is -0.500. The van der Waals surface area contributed by atoms with E-state index in [-0.39, 0.29) is 0 Å². The lowest BCUT2D eigenvalue weighted by Crippen LogP contribution is -2.32. The first kappa shape index (κ1) is 13.9. The third kappa shape index (κ3) is 3.28. The lowest BCUT2D eigenvalue weighted by molar-refractivity contribution is 0.317. The predicted molar refractivity (Wildman–Crippen MR) is 83.2 cm³/mol. The van der Waals surface area contributed by atoms with Crippen molar-refractivity contribution in [3.63, 3.8) is 0 Å². The number of nitrogens with one attached hydrogen (secondary N) is 1. The molecule has 1 aromatic carbocycles. The number of hydrogen-bond donors (Lipinski definition) is 1. The van der Waals surface area contributed by atoms with Crippen LogP contribution in [0.5, 0.6) is 0 Å². The minimum atomic E-state index is 0.676. The average molecular weight is 310 g/mol. The highest BCUT2D eigenvalue weighted by molar-refractivity contribution is 9.10. The summed E-state index contributed by atoms with van der Waals surface area (Å²) in [5.74, 6) is 0.854. The second-order valence-electron chi connectivity index (χ2n) is 5.36. The zero-order chi connectivity index (χ0) is 13.0. The fraction of sp³-hybridized carbons (Fsp3) is 0.625. The van der Waals surface area contributed by atoms with E-state index in [0.717, 1.165) is 12.3 Å². The molecule has 1 aromatic rings. The number of hydrogen-bond acceptors (Lipinski definition) is 1. The summed E-state index contributed by atoms with van der Waals surface area (Å²) in [5, 5.41) is 3.81. The van der Waals surface area contributed by atoms with E-state index in [4.69, 9.17) is 0 Å². The third-order valence-corrected chi connectivity index (χ3v) is 4.72. The lowest BCUT2D eigenvalue weighted by Gasteiger charge is -2.33. The van der Waals surface area contributed by atoms with E-state index in [1.165, 1.54) is 47.8 Å². The molecule has 2 unspecified atom stereocenters. The number of rotatable bonds is 4. The normalized spacial score (nSPS) is 23.9. The van der Waals surface area contributed by atoms with Crippen LogP contribution in [-0.4, -0.2) is 6.04 Å². The lowest BCUT2D eigenvalue weighted by atomic mass is 9.82. The standard InChI is InChI=1S/C16H24BrN/c1-3-12-7-5-6-8-15(12)18-16-10-9-14(17)11-13(16)4-2/h9-12,15,18H,3-8H2,1-2H3. The van der Waals surface area contributed by atoms with Crippen molar-refractivity contribution in [2.24, 2.45) is 5.92 Å². The minimum absolute atomic E-state index is 0.676. The maximum atomic E-state index is 3.81.